The van der Waals surface area contributed by atoms with Crippen LogP contribution in [0.3, 0.4) is 0 Å². The Hall–Kier alpha value is -0.660. The van der Waals surface area contributed by atoms with Gasteiger partial charge in [-0.25, -0.2) is 13.1 Å². The molecular formula is C14H19ClN2O3S. The molecule has 3 rings (SSSR count). The van der Waals surface area contributed by atoms with Gasteiger partial charge in [0.05, 0.1) is 23.1 Å². The fourth-order valence-corrected chi connectivity index (χ4v) is 4.59. The van der Waals surface area contributed by atoms with Gasteiger partial charge in [-0.15, -0.1) is 0 Å². The average Bonchev–Trinajstić information content (AvgIpc) is 3.03. The van der Waals surface area contributed by atoms with Crippen LogP contribution in [-0.2, 0) is 21.3 Å². The van der Waals surface area contributed by atoms with Gasteiger partial charge in [0.15, 0.2) is 0 Å². The fraction of sp³-hybridized carbons (Fsp3) is 0.571. The normalized spacial score (nSPS) is 28.2. The third kappa shape index (κ3) is 3.10. The molecule has 0 amide bonds. The maximum atomic E-state index is 12.5. The first-order chi connectivity index (χ1) is 9.99. The van der Waals surface area contributed by atoms with E-state index in [-0.39, 0.29) is 23.1 Å². The van der Waals surface area contributed by atoms with E-state index in [1.165, 1.54) is 6.07 Å². The Morgan fingerprint density at radius 1 is 1.38 bits per heavy atom. The predicted molar refractivity (Wildman–Crippen MR) is 80.8 cm³/mol. The number of hydrogen-bond acceptors (Lipinski definition) is 4. The van der Waals surface area contributed by atoms with Crippen LogP contribution < -0.4 is 10.0 Å². The Kier molecular flexibility index (Phi) is 4.25. The van der Waals surface area contributed by atoms with Gasteiger partial charge in [-0.1, -0.05) is 11.6 Å². The van der Waals surface area contributed by atoms with E-state index in [1.54, 1.807) is 19.2 Å². The van der Waals surface area contributed by atoms with E-state index >= 15 is 0 Å². The first-order valence-electron chi connectivity index (χ1n) is 7.10. The van der Waals surface area contributed by atoms with Gasteiger partial charge in [0.2, 0.25) is 10.0 Å². The van der Waals surface area contributed by atoms with Crippen LogP contribution in [0.25, 0.3) is 0 Å². The first-order valence-corrected chi connectivity index (χ1v) is 8.96. The molecule has 0 saturated carbocycles. The smallest absolute Gasteiger partial charge is 0.240 e. The van der Waals surface area contributed by atoms with Crippen molar-refractivity contribution in [1.29, 1.82) is 0 Å². The number of sulfonamides is 1. The number of halogens is 1. The molecule has 2 aliphatic rings. The van der Waals surface area contributed by atoms with E-state index in [0.29, 0.717) is 11.6 Å². The molecule has 0 aromatic heterocycles. The number of ether oxygens (including phenoxy) is 1. The molecule has 1 aromatic rings. The van der Waals surface area contributed by atoms with Gasteiger partial charge in [-0.3, -0.25) is 0 Å². The van der Waals surface area contributed by atoms with Crippen LogP contribution in [0.15, 0.2) is 23.1 Å². The average molecular weight is 331 g/mol. The standard InChI is InChI=1S/C14H19ClN2O3S/c1-16-8-9-6-11(3-4-12(9)15)21(18,19)17-13-7-10-2-5-14(13)20-10/h3-4,6,10,13-14,16-17H,2,5,7-8H2,1H3. The Labute approximate surface area is 130 Å². The van der Waals surface area contributed by atoms with E-state index in [2.05, 4.69) is 10.0 Å². The van der Waals surface area contributed by atoms with E-state index in [4.69, 9.17) is 16.3 Å². The lowest BCUT2D eigenvalue weighted by Crippen LogP contribution is -2.41. The Morgan fingerprint density at radius 2 is 2.19 bits per heavy atom. The summed E-state index contributed by atoms with van der Waals surface area (Å²) in [5.41, 5.74) is 0.770. The molecule has 3 unspecified atom stereocenters. The molecule has 0 spiro atoms. The zero-order valence-corrected chi connectivity index (χ0v) is 13.4. The fourth-order valence-electron chi connectivity index (χ4n) is 3.07. The molecule has 1 aromatic carbocycles. The molecule has 0 radical (unpaired) electrons. The second-order valence-electron chi connectivity index (χ2n) is 5.62. The van der Waals surface area contributed by atoms with Crippen LogP contribution in [0, 0.1) is 0 Å². The predicted octanol–water partition coefficient (Wildman–Crippen LogP) is 1.66. The van der Waals surface area contributed by atoms with Crippen molar-refractivity contribution in [1.82, 2.24) is 10.0 Å². The minimum atomic E-state index is -3.54. The first kappa shape index (κ1) is 15.2. The lowest BCUT2D eigenvalue weighted by Gasteiger charge is -2.20. The molecular weight excluding hydrogens is 312 g/mol. The summed E-state index contributed by atoms with van der Waals surface area (Å²) in [6.45, 7) is 0.527. The number of rotatable bonds is 5. The number of benzene rings is 1. The van der Waals surface area contributed by atoms with Crippen molar-refractivity contribution in [3.8, 4) is 0 Å². The summed E-state index contributed by atoms with van der Waals surface area (Å²) < 4.78 is 33.5. The van der Waals surface area contributed by atoms with Crippen molar-refractivity contribution in [2.45, 2.75) is 49.0 Å². The topological polar surface area (TPSA) is 67.4 Å². The van der Waals surface area contributed by atoms with Gasteiger partial charge in [-0.2, -0.15) is 0 Å². The zero-order chi connectivity index (χ0) is 15.0. The molecule has 3 atom stereocenters. The van der Waals surface area contributed by atoms with Gasteiger partial charge >= 0.3 is 0 Å². The number of nitrogens with one attached hydrogen (secondary N) is 2. The summed E-state index contributed by atoms with van der Waals surface area (Å²) in [7, 11) is -1.75. The molecule has 21 heavy (non-hydrogen) atoms. The minimum absolute atomic E-state index is 0.0221. The highest BCUT2D eigenvalue weighted by Gasteiger charge is 2.42. The molecule has 2 heterocycles. The quantitative estimate of drug-likeness (QED) is 0.861. The molecule has 5 nitrogen and oxygen atoms in total. The highest BCUT2D eigenvalue weighted by Crippen LogP contribution is 2.35. The van der Waals surface area contributed by atoms with Crippen LogP contribution >= 0.6 is 11.6 Å². The van der Waals surface area contributed by atoms with E-state index in [0.717, 1.165) is 24.8 Å². The van der Waals surface area contributed by atoms with Crippen LogP contribution in [-0.4, -0.2) is 33.7 Å². The summed E-state index contributed by atoms with van der Waals surface area (Å²) in [6.07, 6.45) is 2.97. The number of hydrogen-bond donors (Lipinski definition) is 2. The third-order valence-corrected chi connectivity index (χ3v) is 5.96. The van der Waals surface area contributed by atoms with Crippen molar-refractivity contribution in [3.05, 3.63) is 28.8 Å². The molecule has 0 aliphatic carbocycles. The summed E-state index contributed by atoms with van der Waals surface area (Å²) in [4.78, 5) is 0.250. The Balaban J connectivity index is 1.80. The molecule has 2 bridgehead atoms. The molecule has 2 fully saturated rings. The van der Waals surface area contributed by atoms with Gasteiger partial charge in [0.1, 0.15) is 0 Å². The van der Waals surface area contributed by atoms with Gasteiger partial charge in [0.25, 0.3) is 0 Å². The summed E-state index contributed by atoms with van der Waals surface area (Å²) in [6, 6.07) is 4.67. The second kappa shape index (κ2) is 5.85. The van der Waals surface area contributed by atoms with Gasteiger partial charge in [0, 0.05) is 11.6 Å². The van der Waals surface area contributed by atoms with E-state index in [9.17, 15) is 8.42 Å². The van der Waals surface area contributed by atoms with Crippen molar-refractivity contribution in [2.75, 3.05) is 7.05 Å². The maximum absolute atomic E-state index is 12.5. The summed E-state index contributed by atoms with van der Waals surface area (Å²) in [5.74, 6) is 0. The lowest BCUT2D eigenvalue weighted by molar-refractivity contribution is 0.0996. The lowest BCUT2D eigenvalue weighted by atomic mass is 9.96. The van der Waals surface area contributed by atoms with E-state index < -0.39 is 10.0 Å². The van der Waals surface area contributed by atoms with Crippen LogP contribution in [0.4, 0.5) is 0 Å². The van der Waals surface area contributed by atoms with Gasteiger partial charge in [-0.05, 0) is 50.1 Å². The maximum Gasteiger partial charge on any atom is 0.240 e. The third-order valence-electron chi connectivity index (χ3n) is 4.11. The van der Waals surface area contributed by atoms with Gasteiger partial charge < -0.3 is 10.1 Å². The second-order valence-corrected chi connectivity index (χ2v) is 7.74. The van der Waals surface area contributed by atoms with Crippen molar-refractivity contribution < 1.29 is 13.2 Å². The Bertz CT molecular complexity index is 635. The van der Waals surface area contributed by atoms with Crippen LogP contribution in [0.5, 0.6) is 0 Å². The Morgan fingerprint density at radius 3 is 2.81 bits per heavy atom. The molecule has 116 valence electrons. The molecule has 7 heteroatoms. The molecule has 2 aliphatic heterocycles. The van der Waals surface area contributed by atoms with Crippen molar-refractivity contribution in [2.24, 2.45) is 0 Å². The van der Waals surface area contributed by atoms with Crippen molar-refractivity contribution >= 4 is 21.6 Å². The summed E-state index contributed by atoms with van der Waals surface area (Å²) in [5, 5.41) is 3.54. The monoisotopic (exact) mass is 330 g/mol. The molecule has 2 N–H and O–H groups in total. The van der Waals surface area contributed by atoms with Crippen LogP contribution in [0.1, 0.15) is 24.8 Å². The molecule has 2 saturated heterocycles. The largest absolute Gasteiger partial charge is 0.373 e. The zero-order valence-electron chi connectivity index (χ0n) is 11.8. The van der Waals surface area contributed by atoms with Crippen molar-refractivity contribution in [3.63, 3.8) is 0 Å². The highest BCUT2D eigenvalue weighted by molar-refractivity contribution is 7.89. The van der Waals surface area contributed by atoms with E-state index in [1.807, 2.05) is 0 Å². The SMILES string of the molecule is CNCc1cc(S(=O)(=O)NC2CC3CCC2O3)ccc1Cl. The van der Waals surface area contributed by atoms with Crippen LogP contribution in [0.2, 0.25) is 5.02 Å². The number of fused-ring (bicyclic) bond motifs is 2. The summed E-state index contributed by atoms with van der Waals surface area (Å²) >= 11 is 6.07. The minimum Gasteiger partial charge on any atom is -0.373 e. The highest BCUT2D eigenvalue weighted by atomic mass is 35.5.